The summed E-state index contributed by atoms with van der Waals surface area (Å²) < 4.78 is 16.3. The summed E-state index contributed by atoms with van der Waals surface area (Å²) in [7, 11) is 4.67. The summed E-state index contributed by atoms with van der Waals surface area (Å²) in [4.78, 5) is 16.1. The fourth-order valence-electron chi connectivity index (χ4n) is 3.82. The average molecular weight is 431 g/mol. The first kappa shape index (κ1) is 21.3. The number of H-pyrrole nitrogens is 1. The van der Waals surface area contributed by atoms with E-state index in [1.165, 1.54) is 0 Å². The van der Waals surface area contributed by atoms with Gasteiger partial charge in [0, 0.05) is 5.39 Å². The summed E-state index contributed by atoms with van der Waals surface area (Å²) in [5, 5.41) is 3.85. The molecule has 0 saturated carbocycles. The molecule has 6 heteroatoms. The predicted octanol–water partition coefficient (Wildman–Crippen LogP) is 5.35. The van der Waals surface area contributed by atoms with Gasteiger partial charge in [-0.2, -0.15) is 0 Å². The minimum atomic E-state index is -0.208. The van der Waals surface area contributed by atoms with E-state index < -0.39 is 0 Å². The van der Waals surface area contributed by atoms with Gasteiger partial charge in [0.25, 0.3) is 5.91 Å². The van der Waals surface area contributed by atoms with E-state index in [9.17, 15) is 4.79 Å². The molecule has 4 rings (SSSR count). The Morgan fingerprint density at radius 2 is 1.50 bits per heavy atom. The molecule has 0 aliphatic carbocycles. The standard InChI is InChI=1S/C26H26N2O4/c1-16(17-10-12-19(13-11-17)18-8-6-5-7-9-18)27-26(29)21-14-20-15-22(30-2)24(31-3)25(32-4)23(20)28-21/h5-16,28H,1-4H3,(H,27,29). The van der Waals surface area contributed by atoms with E-state index in [0.29, 0.717) is 28.5 Å². The van der Waals surface area contributed by atoms with Crippen LogP contribution in [0.3, 0.4) is 0 Å². The molecule has 4 aromatic rings. The molecule has 1 atom stereocenters. The Kier molecular flexibility index (Phi) is 6.03. The van der Waals surface area contributed by atoms with Crippen LogP contribution in [0.15, 0.2) is 66.7 Å². The second-order valence-corrected chi connectivity index (χ2v) is 7.48. The van der Waals surface area contributed by atoms with E-state index in [1.807, 2.05) is 43.3 Å². The number of aromatic amines is 1. The Morgan fingerprint density at radius 1 is 0.844 bits per heavy atom. The van der Waals surface area contributed by atoms with Gasteiger partial charge in [0.2, 0.25) is 5.75 Å². The molecular weight excluding hydrogens is 404 g/mol. The molecule has 32 heavy (non-hydrogen) atoms. The first-order valence-electron chi connectivity index (χ1n) is 10.3. The third kappa shape index (κ3) is 3.99. The number of hydrogen-bond donors (Lipinski definition) is 2. The molecule has 1 amide bonds. The molecule has 164 valence electrons. The van der Waals surface area contributed by atoms with Crippen LogP contribution >= 0.6 is 0 Å². The van der Waals surface area contributed by atoms with E-state index in [2.05, 4.69) is 34.6 Å². The van der Waals surface area contributed by atoms with Crippen molar-refractivity contribution in [2.75, 3.05) is 21.3 Å². The van der Waals surface area contributed by atoms with Crippen LogP contribution in [0, 0.1) is 0 Å². The van der Waals surface area contributed by atoms with Gasteiger partial charge < -0.3 is 24.5 Å². The average Bonchev–Trinajstić information content (AvgIpc) is 3.27. The van der Waals surface area contributed by atoms with Gasteiger partial charge in [-0.15, -0.1) is 0 Å². The van der Waals surface area contributed by atoms with E-state index in [4.69, 9.17) is 14.2 Å². The number of rotatable bonds is 7. The Morgan fingerprint density at radius 3 is 2.12 bits per heavy atom. The fraction of sp³-hybridized carbons (Fsp3) is 0.192. The lowest BCUT2D eigenvalue weighted by atomic mass is 10.0. The number of benzene rings is 3. The molecule has 1 unspecified atom stereocenters. The lowest BCUT2D eigenvalue weighted by molar-refractivity contribution is 0.0935. The Hall–Kier alpha value is -3.93. The summed E-state index contributed by atoms with van der Waals surface area (Å²) in [5.74, 6) is 1.30. The van der Waals surface area contributed by atoms with Gasteiger partial charge in [0.05, 0.1) is 32.9 Å². The van der Waals surface area contributed by atoms with Crippen LogP contribution in [0.4, 0.5) is 0 Å². The van der Waals surface area contributed by atoms with E-state index in [0.717, 1.165) is 22.1 Å². The summed E-state index contributed by atoms with van der Waals surface area (Å²) >= 11 is 0. The summed E-state index contributed by atoms with van der Waals surface area (Å²) in [6.45, 7) is 1.96. The fourth-order valence-corrected chi connectivity index (χ4v) is 3.82. The SMILES string of the molecule is COc1cc2cc(C(=O)NC(C)c3ccc(-c4ccccc4)cc3)[nH]c2c(OC)c1OC. The smallest absolute Gasteiger partial charge is 0.268 e. The van der Waals surface area contributed by atoms with Gasteiger partial charge in [0.15, 0.2) is 11.5 Å². The number of nitrogens with one attached hydrogen (secondary N) is 2. The molecule has 0 aliphatic heterocycles. The molecular formula is C26H26N2O4. The first-order valence-corrected chi connectivity index (χ1v) is 10.3. The zero-order valence-electron chi connectivity index (χ0n) is 18.6. The summed E-state index contributed by atoms with van der Waals surface area (Å²) in [5.41, 5.74) is 4.43. The van der Waals surface area contributed by atoms with Crippen LogP contribution < -0.4 is 19.5 Å². The van der Waals surface area contributed by atoms with E-state index >= 15 is 0 Å². The maximum absolute atomic E-state index is 12.9. The van der Waals surface area contributed by atoms with Gasteiger partial charge in [-0.25, -0.2) is 0 Å². The number of carbonyl (C=O) groups is 1. The van der Waals surface area contributed by atoms with Gasteiger partial charge in [0.1, 0.15) is 5.69 Å². The maximum Gasteiger partial charge on any atom is 0.268 e. The molecule has 0 bridgehead atoms. The number of hydrogen-bond acceptors (Lipinski definition) is 4. The van der Waals surface area contributed by atoms with Crippen LogP contribution in [0.25, 0.3) is 22.0 Å². The molecule has 2 N–H and O–H groups in total. The normalized spacial score (nSPS) is 11.8. The van der Waals surface area contributed by atoms with Crippen molar-refractivity contribution < 1.29 is 19.0 Å². The van der Waals surface area contributed by atoms with Crippen molar-refractivity contribution in [2.24, 2.45) is 0 Å². The molecule has 1 aromatic heterocycles. The Bertz CT molecular complexity index is 1230. The lowest BCUT2D eigenvalue weighted by Gasteiger charge is -2.14. The first-order chi connectivity index (χ1) is 15.5. The quantitative estimate of drug-likeness (QED) is 0.414. The highest BCUT2D eigenvalue weighted by atomic mass is 16.5. The van der Waals surface area contributed by atoms with Crippen molar-refractivity contribution in [1.82, 2.24) is 10.3 Å². The van der Waals surface area contributed by atoms with Crippen molar-refractivity contribution in [1.29, 1.82) is 0 Å². The molecule has 0 saturated heterocycles. The summed E-state index contributed by atoms with van der Waals surface area (Å²) in [6.07, 6.45) is 0. The van der Waals surface area contributed by atoms with Crippen molar-refractivity contribution >= 4 is 16.8 Å². The van der Waals surface area contributed by atoms with Crippen LogP contribution in [-0.4, -0.2) is 32.2 Å². The third-order valence-corrected chi connectivity index (χ3v) is 5.53. The van der Waals surface area contributed by atoms with Crippen LogP contribution in [0.5, 0.6) is 17.2 Å². The zero-order chi connectivity index (χ0) is 22.7. The second-order valence-electron chi connectivity index (χ2n) is 7.48. The topological polar surface area (TPSA) is 72.6 Å². The van der Waals surface area contributed by atoms with E-state index in [1.54, 1.807) is 27.4 Å². The maximum atomic E-state index is 12.9. The van der Waals surface area contributed by atoms with Crippen molar-refractivity contribution in [2.45, 2.75) is 13.0 Å². The van der Waals surface area contributed by atoms with Crippen molar-refractivity contribution in [3.05, 3.63) is 78.0 Å². The van der Waals surface area contributed by atoms with Gasteiger partial charge in [-0.3, -0.25) is 4.79 Å². The Balaban J connectivity index is 1.55. The highest BCUT2D eigenvalue weighted by Gasteiger charge is 2.20. The van der Waals surface area contributed by atoms with Crippen LogP contribution in [0.1, 0.15) is 29.0 Å². The second kappa shape index (κ2) is 9.06. The molecule has 0 fully saturated rings. The number of methoxy groups -OCH3 is 3. The molecule has 0 spiro atoms. The van der Waals surface area contributed by atoms with Gasteiger partial charge in [-0.05, 0) is 35.7 Å². The number of ether oxygens (including phenoxy) is 3. The summed E-state index contributed by atoms with van der Waals surface area (Å²) in [6, 6.07) is 21.8. The number of fused-ring (bicyclic) bond motifs is 1. The lowest BCUT2D eigenvalue weighted by Crippen LogP contribution is -2.26. The van der Waals surface area contributed by atoms with Gasteiger partial charge >= 0.3 is 0 Å². The van der Waals surface area contributed by atoms with E-state index in [-0.39, 0.29) is 11.9 Å². The third-order valence-electron chi connectivity index (χ3n) is 5.53. The van der Waals surface area contributed by atoms with Crippen molar-refractivity contribution in [3.8, 4) is 28.4 Å². The van der Waals surface area contributed by atoms with Gasteiger partial charge in [-0.1, -0.05) is 54.6 Å². The number of aromatic nitrogens is 1. The molecule has 1 heterocycles. The zero-order valence-corrected chi connectivity index (χ0v) is 18.6. The predicted molar refractivity (Wildman–Crippen MR) is 126 cm³/mol. The molecule has 6 nitrogen and oxygen atoms in total. The number of amides is 1. The largest absolute Gasteiger partial charge is 0.493 e. The van der Waals surface area contributed by atoms with Crippen LogP contribution in [-0.2, 0) is 0 Å². The molecule has 0 radical (unpaired) electrons. The highest BCUT2D eigenvalue weighted by Crippen LogP contribution is 2.43. The molecule has 3 aromatic carbocycles. The number of carbonyl (C=O) groups excluding carboxylic acids is 1. The van der Waals surface area contributed by atoms with Crippen molar-refractivity contribution in [3.63, 3.8) is 0 Å². The highest BCUT2D eigenvalue weighted by molar-refractivity contribution is 6.01. The van der Waals surface area contributed by atoms with Crippen LogP contribution in [0.2, 0.25) is 0 Å². The minimum Gasteiger partial charge on any atom is -0.493 e. The Labute approximate surface area is 187 Å². The minimum absolute atomic E-state index is 0.162. The monoisotopic (exact) mass is 430 g/mol. The molecule has 0 aliphatic rings.